The highest BCUT2D eigenvalue weighted by Gasteiger charge is 2.55. The molecule has 2 aromatic rings. The maximum atomic E-state index is 14.2. The van der Waals surface area contributed by atoms with Crippen molar-refractivity contribution in [3.05, 3.63) is 59.9 Å². The van der Waals surface area contributed by atoms with Crippen LogP contribution in [0.15, 0.2) is 53.6 Å². The molecule has 1 amide bonds. The molecule has 39 heavy (non-hydrogen) atoms. The number of benzene rings is 2. The number of carbonyl (C=O) groups is 3. The number of halogens is 1. The molecule has 0 radical (unpaired) electrons. The number of anilines is 1. The Morgan fingerprint density at radius 1 is 1.10 bits per heavy atom. The number of hydrazone groups is 1. The van der Waals surface area contributed by atoms with Crippen LogP contribution in [0.4, 0.5) is 10.1 Å². The van der Waals surface area contributed by atoms with Crippen molar-refractivity contribution in [2.75, 3.05) is 51.4 Å². The summed E-state index contributed by atoms with van der Waals surface area (Å²) in [6, 6.07) is 14.0. The molecule has 1 saturated heterocycles. The van der Waals surface area contributed by atoms with Crippen LogP contribution in [0.1, 0.15) is 31.7 Å². The summed E-state index contributed by atoms with van der Waals surface area (Å²) in [6.07, 6.45) is 1.18. The molecule has 0 aromatic heterocycles. The van der Waals surface area contributed by atoms with Crippen LogP contribution in [-0.2, 0) is 24.5 Å². The molecule has 2 atom stereocenters. The van der Waals surface area contributed by atoms with Gasteiger partial charge in [-0.1, -0.05) is 30.3 Å². The number of amides is 1. The quantitative estimate of drug-likeness (QED) is 0.379. The van der Waals surface area contributed by atoms with E-state index < -0.39 is 11.4 Å². The van der Waals surface area contributed by atoms with Gasteiger partial charge >= 0.3 is 5.97 Å². The third kappa shape index (κ3) is 5.13. The molecule has 2 aromatic carbocycles. The second-order valence-electron chi connectivity index (χ2n) is 10.2. The van der Waals surface area contributed by atoms with Crippen LogP contribution in [-0.4, -0.2) is 85.7 Å². The van der Waals surface area contributed by atoms with Crippen molar-refractivity contribution >= 4 is 29.1 Å². The highest BCUT2D eigenvalue weighted by Crippen LogP contribution is 2.48. The SMILES string of the molecule is COC(=O)CC(=O)N1CCN(CCC[C@]2(c3ccccc3)C(C(C)=O)=NN3c4cc(F)ccc4OCC32)CC1. The fourth-order valence-corrected chi connectivity index (χ4v) is 6.02. The Hall–Kier alpha value is -3.79. The van der Waals surface area contributed by atoms with Crippen LogP contribution < -0.4 is 9.75 Å². The van der Waals surface area contributed by atoms with E-state index in [0.717, 1.165) is 18.5 Å². The summed E-state index contributed by atoms with van der Waals surface area (Å²) < 4.78 is 24.9. The maximum Gasteiger partial charge on any atom is 0.315 e. The number of rotatable bonds is 8. The number of Topliss-reactive ketones (excluding diaryl/α,β-unsaturated/α-hetero) is 1. The first-order chi connectivity index (χ1) is 18.8. The van der Waals surface area contributed by atoms with E-state index in [4.69, 9.17) is 9.84 Å². The summed E-state index contributed by atoms with van der Waals surface area (Å²) in [5.74, 6) is -0.711. The van der Waals surface area contributed by atoms with Crippen LogP contribution >= 0.6 is 0 Å². The van der Waals surface area contributed by atoms with E-state index in [9.17, 15) is 18.8 Å². The topological polar surface area (TPSA) is 91.8 Å². The van der Waals surface area contributed by atoms with Crippen molar-refractivity contribution in [2.45, 2.75) is 37.6 Å². The minimum Gasteiger partial charge on any atom is -0.489 e. The van der Waals surface area contributed by atoms with Gasteiger partial charge in [0.05, 0.1) is 12.5 Å². The van der Waals surface area contributed by atoms with E-state index in [1.165, 1.54) is 26.2 Å². The molecule has 206 valence electrons. The zero-order chi connectivity index (χ0) is 27.6. The number of carbonyl (C=O) groups excluding carboxylic acids is 3. The number of nitrogens with zero attached hydrogens (tertiary/aromatic N) is 4. The van der Waals surface area contributed by atoms with Crippen molar-refractivity contribution < 1.29 is 28.2 Å². The second kappa shape index (κ2) is 11.1. The Morgan fingerprint density at radius 3 is 2.54 bits per heavy atom. The molecular formula is C29H33FN4O5. The van der Waals surface area contributed by atoms with E-state index in [1.807, 2.05) is 30.3 Å². The van der Waals surface area contributed by atoms with Gasteiger partial charge in [0.25, 0.3) is 0 Å². The predicted octanol–water partition coefficient (Wildman–Crippen LogP) is 2.78. The first-order valence-corrected chi connectivity index (χ1v) is 13.3. The molecule has 0 N–H and O–H groups in total. The van der Waals surface area contributed by atoms with Gasteiger partial charge in [0.1, 0.15) is 42.0 Å². The highest BCUT2D eigenvalue weighted by molar-refractivity contribution is 6.43. The van der Waals surface area contributed by atoms with Gasteiger partial charge in [0.15, 0.2) is 5.78 Å². The van der Waals surface area contributed by atoms with E-state index in [0.29, 0.717) is 56.4 Å². The van der Waals surface area contributed by atoms with E-state index >= 15 is 0 Å². The molecule has 0 saturated carbocycles. The number of ketones is 1. The highest BCUT2D eigenvalue weighted by atomic mass is 19.1. The lowest BCUT2D eigenvalue weighted by atomic mass is 9.67. The third-order valence-corrected chi connectivity index (χ3v) is 7.97. The molecule has 1 unspecified atom stereocenters. The number of methoxy groups -OCH3 is 1. The standard InChI is InChI=1S/C29H33FN4O5/c1-20(35)28-29(21-7-4-3-5-8-21,25-19-39-24-10-9-22(30)17-23(24)34(25)31-28)11-6-12-32-13-15-33(16-14-32)26(36)18-27(37)38-2/h3-5,7-10,17,25H,6,11-16,18-19H2,1-2H3/t25?,29-/m1/s1. The largest absolute Gasteiger partial charge is 0.489 e. The average Bonchev–Trinajstić information content (AvgIpc) is 3.30. The number of esters is 1. The average molecular weight is 537 g/mol. The van der Waals surface area contributed by atoms with Crippen molar-refractivity contribution in [1.29, 1.82) is 0 Å². The normalized spacial score (nSPS) is 22.4. The summed E-state index contributed by atoms with van der Waals surface area (Å²) in [6.45, 7) is 5.12. The fraction of sp³-hybridized carbons (Fsp3) is 0.448. The molecule has 10 heteroatoms. The lowest BCUT2D eigenvalue weighted by molar-refractivity contribution is -0.147. The van der Waals surface area contributed by atoms with Crippen molar-refractivity contribution in [1.82, 2.24) is 9.80 Å². The molecule has 0 aliphatic carbocycles. The Kier molecular flexibility index (Phi) is 7.65. The van der Waals surface area contributed by atoms with Gasteiger partial charge in [-0.25, -0.2) is 4.39 Å². The van der Waals surface area contributed by atoms with Gasteiger partial charge in [-0.15, -0.1) is 0 Å². The summed E-state index contributed by atoms with van der Waals surface area (Å²) in [4.78, 5) is 40.8. The van der Waals surface area contributed by atoms with E-state index in [-0.39, 0.29) is 30.0 Å². The van der Waals surface area contributed by atoms with E-state index in [2.05, 4.69) is 9.64 Å². The summed E-state index contributed by atoms with van der Waals surface area (Å²) in [7, 11) is 1.28. The van der Waals surface area contributed by atoms with Crippen molar-refractivity contribution in [3.63, 3.8) is 0 Å². The van der Waals surface area contributed by atoms with Crippen LogP contribution in [0.3, 0.4) is 0 Å². The minimum absolute atomic E-state index is 0.121. The van der Waals surface area contributed by atoms with E-state index in [1.54, 1.807) is 16.0 Å². The smallest absolute Gasteiger partial charge is 0.315 e. The van der Waals surface area contributed by atoms with Crippen LogP contribution in [0.25, 0.3) is 0 Å². The van der Waals surface area contributed by atoms with Gasteiger partial charge in [-0.3, -0.25) is 24.3 Å². The van der Waals surface area contributed by atoms with Crippen LogP contribution in [0.2, 0.25) is 0 Å². The van der Waals surface area contributed by atoms with Crippen LogP contribution in [0.5, 0.6) is 5.75 Å². The van der Waals surface area contributed by atoms with Gasteiger partial charge in [0.2, 0.25) is 5.91 Å². The Labute approximate surface area is 227 Å². The fourth-order valence-electron chi connectivity index (χ4n) is 6.02. The number of fused-ring (bicyclic) bond motifs is 3. The molecule has 0 spiro atoms. The second-order valence-corrected chi connectivity index (χ2v) is 10.2. The van der Waals surface area contributed by atoms with Gasteiger partial charge in [0, 0.05) is 39.2 Å². The molecule has 9 nitrogen and oxygen atoms in total. The summed E-state index contributed by atoms with van der Waals surface area (Å²) >= 11 is 0. The Bertz CT molecular complexity index is 1280. The zero-order valence-electron chi connectivity index (χ0n) is 22.3. The third-order valence-electron chi connectivity index (χ3n) is 7.97. The molecule has 3 aliphatic heterocycles. The first-order valence-electron chi connectivity index (χ1n) is 13.3. The first kappa shape index (κ1) is 26.8. The lowest BCUT2D eigenvalue weighted by Crippen LogP contribution is -2.54. The number of hydrogen-bond acceptors (Lipinski definition) is 8. The zero-order valence-corrected chi connectivity index (χ0v) is 22.3. The Morgan fingerprint density at radius 2 is 1.85 bits per heavy atom. The minimum atomic E-state index is -0.727. The maximum absolute atomic E-state index is 14.2. The lowest BCUT2D eigenvalue weighted by Gasteiger charge is -2.42. The predicted molar refractivity (Wildman–Crippen MR) is 143 cm³/mol. The van der Waals surface area contributed by atoms with Gasteiger partial charge in [-0.05, 0) is 37.1 Å². The summed E-state index contributed by atoms with van der Waals surface area (Å²) in [5, 5.41) is 6.58. The van der Waals surface area contributed by atoms with Gasteiger partial charge < -0.3 is 14.4 Å². The summed E-state index contributed by atoms with van der Waals surface area (Å²) in [5.41, 5.74) is 1.23. The Balaban J connectivity index is 1.34. The number of ether oxygens (including phenoxy) is 2. The molecule has 0 bridgehead atoms. The molecule has 3 heterocycles. The number of hydrogen-bond donors (Lipinski definition) is 0. The monoisotopic (exact) mass is 536 g/mol. The van der Waals surface area contributed by atoms with Gasteiger partial charge in [-0.2, -0.15) is 5.10 Å². The molecule has 3 aliphatic rings. The molecule has 5 rings (SSSR count). The van der Waals surface area contributed by atoms with Crippen molar-refractivity contribution in [2.24, 2.45) is 5.10 Å². The van der Waals surface area contributed by atoms with Crippen molar-refractivity contribution in [3.8, 4) is 5.75 Å². The molecule has 1 fully saturated rings. The number of piperazine rings is 1. The molecular weight excluding hydrogens is 503 g/mol. The van der Waals surface area contributed by atoms with Crippen LogP contribution in [0, 0.1) is 5.82 Å².